The Hall–Kier alpha value is -2.73. The zero-order chi connectivity index (χ0) is 14.9. The van der Waals surface area contributed by atoms with Crippen LogP contribution in [-0.2, 0) is 11.2 Å². The maximum atomic E-state index is 11.5. The number of benzene rings is 2. The predicted molar refractivity (Wildman–Crippen MR) is 83.0 cm³/mol. The number of hydrogen-bond acceptors (Lipinski definition) is 2. The highest BCUT2D eigenvalue weighted by Crippen LogP contribution is 2.21. The topological polar surface area (TPSA) is 38.3 Å². The van der Waals surface area contributed by atoms with E-state index in [9.17, 15) is 4.79 Å². The standard InChI is InChI=1S/C18H17NO2/c1-2-12-19-18(20)14-21-17-11-7-6-10-16(17)13-15-8-4-3-5-9-15/h1,3-11H,12-14H2,(H,19,20). The SMILES string of the molecule is C#CCNC(=O)COc1ccccc1Cc1ccccc1. The average Bonchev–Trinajstić information content (AvgIpc) is 2.53. The number of amides is 1. The Labute approximate surface area is 125 Å². The Kier molecular flexibility index (Phi) is 5.42. The van der Waals surface area contributed by atoms with Crippen molar-refractivity contribution in [2.45, 2.75) is 6.42 Å². The summed E-state index contributed by atoms with van der Waals surface area (Å²) in [5, 5.41) is 2.57. The van der Waals surface area contributed by atoms with Gasteiger partial charge in [0.25, 0.3) is 5.91 Å². The molecule has 1 N–H and O–H groups in total. The maximum absolute atomic E-state index is 11.5. The highest BCUT2D eigenvalue weighted by molar-refractivity contribution is 5.77. The smallest absolute Gasteiger partial charge is 0.258 e. The van der Waals surface area contributed by atoms with Crippen LogP contribution in [-0.4, -0.2) is 19.1 Å². The lowest BCUT2D eigenvalue weighted by molar-refractivity contribution is -0.122. The van der Waals surface area contributed by atoms with Crippen molar-refractivity contribution in [2.75, 3.05) is 13.2 Å². The van der Waals surface area contributed by atoms with Crippen molar-refractivity contribution in [1.82, 2.24) is 5.32 Å². The minimum absolute atomic E-state index is 0.0342. The van der Waals surface area contributed by atoms with Gasteiger partial charge in [0.1, 0.15) is 5.75 Å². The molecule has 0 aliphatic heterocycles. The molecule has 0 saturated heterocycles. The summed E-state index contributed by atoms with van der Waals surface area (Å²) < 4.78 is 5.59. The molecule has 0 atom stereocenters. The second-order valence-corrected chi connectivity index (χ2v) is 4.54. The molecule has 0 aromatic heterocycles. The van der Waals surface area contributed by atoms with Crippen molar-refractivity contribution in [1.29, 1.82) is 0 Å². The van der Waals surface area contributed by atoms with Crippen LogP contribution in [0.25, 0.3) is 0 Å². The number of carbonyl (C=O) groups excluding carboxylic acids is 1. The zero-order valence-corrected chi connectivity index (χ0v) is 11.7. The van der Waals surface area contributed by atoms with Crippen LogP contribution in [0.4, 0.5) is 0 Å². The van der Waals surface area contributed by atoms with Crippen molar-refractivity contribution < 1.29 is 9.53 Å². The second-order valence-electron chi connectivity index (χ2n) is 4.54. The summed E-state index contributed by atoms with van der Waals surface area (Å²) >= 11 is 0. The van der Waals surface area contributed by atoms with Crippen LogP contribution in [0.15, 0.2) is 54.6 Å². The summed E-state index contributed by atoms with van der Waals surface area (Å²) in [5.41, 5.74) is 2.25. The zero-order valence-electron chi connectivity index (χ0n) is 11.7. The lowest BCUT2D eigenvalue weighted by atomic mass is 10.0. The third-order valence-electron chi connectivity index (χ3n) is 2.96. The molecule has 0 aliphatic rings. The fourth-order valence-electron chi connectivity index (χ4n) is 1.95. The molecule has 0 fully saturated rings. The van der Waals surface area contributed by atoms with Gasteiger partial charge in [0.2, 0.25) is 0 Å². The quantitative estimate of drug-likeness (QED) is 0.825. The van der Waals surface area contributed by atoms with E-state index in [0.29, 0.717) is 0 Å². The van der Waals surface area contributed by atoms with Crippen molar-refractivity contribution in [2.24, 2.45) is 0 Å². The van der Waals surface area contributed by atoms with E-state index in [0.717, 1.165) is 17.7 Å². The lowest BCUT2D eigenvalue weighted by Crippen LogP contribution is -2.29. The van der Waals surface area contributed by atoms with E-state index in [2.05, 4.69) is 23.4 Å². The molecule has 1 amide bonds. The monoisotopic (exact) mass is 279 g/mol. The first kappa shape index (κ1) is 14.7. The van der Waals surface area contributed by atoms with Gasteiger partial charge in [-0.05, 0) is 17.2 Å². The molecule has 2 aromatic rings. The molecule has 0 spiro atoms. The largest absolute Gasteiger partial charge is 0.483 e. The molecule has 0 radical (unpaired) electrons. The summed E-state index contributed by atoms with van der Waals surface area (Å²) in [6.07, 6.45) is 5.86. The second kappa shape index (κ2) is 7.76. The highest BCUT2D eigenvalue weighted by Gasteiger charge is 2.06. The van der Waals surface area contributed by atoms with Gasteiger partial charge < -0.3 is 10.1 Å². The van der Waals surface area contributed by atoms with E-state index in [4.69, 9.17) is 11.2 Å². The normalized spacial score (nSPS) is 9.67. The van der Waals surface area contributed by atoms with Gasteiger partial charge in [-0.2, -0.15) is 0 Å². The van der Waals surface area contributed by atoms with E-state index in [-0.39, 0.29) is 19.1 Å². The van der Waals surface area contributed by atoms with Crippen molar-refractivity contribution in [3.8, 4) is 18.1 Å². The minimum Gasteiger partial charge on any atom is -0.483 e. The van der Waals surface area contributed by atoms with Gasteiger partial charge in [0, 0.05) is 6.42 Å². The van der Waals surface area contributed by atoms with Crippen LogP contribution < -0.4 is 10.1 Å². The number of rotatable bonds is 6. The lowest BCUT2D eigenvalue weighted by Gasteiger charge is -2.11. The molecule has 0 unspecified atom stereocenters. The fourth-order valence-corrected chi connectivity index (χ4v) is 1.95. The third kappa shape index (κ3) is 4.70. The molecule has 2 aromatic carbocycles. The summed E-state index contributed by atoms with van der Waals surface area (Å²) in [6.45, 7) is 0.182. The number of terminal acetylenes is 1. The Morgan fingerprint density at radius 3 is 2.57 bits per heavy atom. The van der Waals surface area contributed by atoms with E-state index in [1.54, 1.807) is 0 Å². The average molecular weight is 279 g/mol. The molecular weight excluding hydrogens is 262 g/mol. The summed E-state index contributed by atoms with van der Waals surface area (Å²) in [6, 6.07) is 17.9. The van der Waals surface area contributed by atoms with Crippen molar-refractivity contribution in [3.63, 3.8) is 0 Å². The van der Waals surface area contributed by atoms with Crippen LogP contribution in [0.3, 0.4) is 0 Å². The first-order chi connectivity index (χ1) is 10.3. The van der Waals surface area contributed by atoms with Gasteiger partial charge in [-0.15, -0.1) is 6.42 Å². The fraction of sp³-hybridized carbons (Fsp3) is 0.167. The van der Waals surface area contributed by atoms with Gasteiger partial charge >= 0.3 is 0 Å². The summed E-state index contributed by atoms with van der Waals surface area (Å²) in [7, 11) is 0. The molecule has 2 rings (SSSR count). The molecule has 0 heterocycles. The molecule has 3 nitrogen and oxygen atoms in total. The Morgan fingerprint density at radius 1 is 1.10 bits per heavy atom. The molecule has 3 heteroatoms. The Morgan fingerprint density at radius 2 is 1.81 bits per heavy atom. The van der Waals surface area contributed by atoms with E-state index in [1.807, 2.05) is 42.5 Å². The van der Waals surface area contributed by atoms with Crippen LogP contribution in [0.5, 0.6) is 5.75 Å². The molecule has 106 valence electrons. The first-order valence-electron chi connectivity index (χ1n) is 6.74. The number of para-hydroxylation sites is 1. The molecule has 21 heavy (non-hydrogen) atoms. The van der Waals surface area contributed by atoms with E-state index >= 15 is 0 Å². The molecule has 0 saturated carbocycles. The molecule has 0 aliphatic carbocycles. The highest BCUT2D eigenvalue weighted by atomic mass is 16.5. The van der Waals surface area contributed by atoms with E-state index in [1.165, 1.54) is 5.56 Å². The van der Waals surface area contributed by atoms with Gasteiger partial charge in [-0.3, -0.25) is 4.79 Å². The first-order valence-corrected chi connectivity index (χ1v) is 6.74. The Bertz CT molecular complexity index is 629. The van der Waals surface area contributed by atoms with Gasteiger partial charge in [-0.1, -0.05) is 54.5 Å². The summed E-state index contributed by atoms with van der Waals surface area (Å²) in [5.74, 6) is 2.85. The number of hydrogen-bond donors (Lipinski definition) is 1. The van der Waals surface area contributed by atoms with Crippen LogP contribution in [0, 0.1) is 12.3 Å². The van der Waals surface area contributed by atoms with Crippen molar-refractivity contribution >= 4 is 5.91 Å². The minimum atomic E-state index is -0.220. The molecular formula is C18H17NO2. The third-order valence-corrected chi connectivity index (χ3v) is 2.96. The van der Waals surface area contributed by atoms with Crippen LogP contribution in [0.2, 0.25) is 0 Å². The summed E-state index contributed by atoms with van der Waals surface area (Å²) in [4.78, 5) is 11.5. The van der Waals surface area contributed by atoms with Gasteiger partial charge in [0.15, 0.2) is 6.61 Å². The number of nitrogens with one attached hydrogen (secondary N) is 1. The van der Waals surface area contributed by atoms with Crippen molar-refractivity contribution in [3.05, 3.63) is 65.7 Å². The predicted octanol–water partition coefficient (Wildman–Crippen LogP) is 2.41. The molecule has 0 bridgehead atoms. The van der Waals surface area contributed by atoms with Gasteiger partial charge in [0.05, 0.1) is 6.54 Å². The van der Waals surface area contributed by atoms with Gasteiger partial charge in [-0.25, -0.2) is 0 Å². The van der Waals surface area contributed by atoms with Crippen LogP contribution >= 0.6 is 0 Å². The number of carbonyl (C=O) groups is 1. The number of ether oxygens (including phenoxy) is 1. The van der Waals surface area contributed by atoms with Crippen LogP contribution in [0.1, 0.15) is 11.1 Å². The Balaban J connectivity index is 2.00. The maximum Gasteiger partial charge on any atom is 0.258 e. The van der Waals surface area contributed by atoms with E-state index < -0.39 is 0 Å².